The molecule has 2 rings (SSSR count). The van der Waals surface area contributed by atoms with Gasteiger partial charge in [-0.05, 0) is 32.6 Å². The van der Waals surface area contributed by atoms with Crippen LogP contribution in [0, 0.1) is 12.8 Å². The van der Waals surface area contributed by atoms with E-state index < -0.39 is 5.60 Å². The summed E-state index contributed by atoms with van der Waals surface area (Å²) in [7, 11) is 0. The number of anilines is 2. The zero-order valence-electron chi connectivity index (χ0n) is 12.2. The minimum absolute atomic E-state index is 0.548. The number of aliphatic hydroxyl groups is 1. The lowest BCUT2D eigenvalue weighted by Crippen LogP contribution is -2.41. The second kappa shape index (κ2) is 5.41. The smallest absolute Gasteiger partial charge is 0.148 e. The summed E-state index contributed by atoms with van der Waals surface area (Å²) in [4.78, 5) is 0. The predicted octanol–water partition coefficient (Wildman–Crippen LogP) is 2.15. The number of nitrogens with two attached hydrogens (primary N) is 1. The van der Waals surface area contributed by atoms with Gasteiger partial charge in [0, 0.05) is 13.1 Å². The van der Waals surface area contributed by atoms with Crippen LogP contribution in [0.25, 0.3) is 0 Å². The Morgan fingerprint density at radius 2 is 2.32 bits per heavy atom. The summed E-state index contributed by atoms with van der Waals surface area (Å²) in [6.07, 6.45) is 4.04. The fourth-order valence-electron chi connectivity index (χ4n) is 3.05. The number of rotatable bonds is 4. The highest BCUT2D eigenvalue weighted by molar-refractivity contribution is 5.64. The molecule has 5 heteroatoms. The highest BCUT2D eigenvalue weighted by Gasteiger charge is 2.32. The van der Waals surface area contributed by atoms with E-state index in [0.717, 1.165) is 37.3 Å². The molecule has 1 aliphatic carbocycles. The van der Waals surface area contributed by atoms with Gasteiger partial charge in [-0.1, -0.05) is 19.8 Å². The Bertz CT molecular complexity index is 443. The third kappa shape index (κ3) is 3.03. The van der Waals surface area contributed by atoms with Crippen molar-refractivity contribution in [1.29, 1.82) is 0 Å². The van der Waals surface area contributed by atoms with E-state index in [4.69, 9.17) is 5.73 Å². The summed E-state index contributed by atoms with van der Waals surface area (Å²) >= 11 is 0. The molecule has 19 heavy (non-hydrogen) atoms. The molecule has 1 heterocycles. The van der Waals surface area contributed by atoms with E-state index in [9.17, 15) is 5.11 Å². The molecule has 0 radical (unpaired) electrons. The second-order valence-corrected chi connectivity index (χ2v) is 5.94. The Labute approximate surface area is 115 Å². The van der Waals surface area contributed by atoms with Crippen molar-refractivity contribution in [3.8, 4) is 0 Å². The first-order valence-corrected chi connectivity index (χ1v) is 7.24. The molecule has 0 aromatic carbocycles. The Balaban J connectivity index is 2.06. The molecule has 1 aromatic rings. The normalized spacial score (nSPS) is 27.5. The van der Waals surface area contributed by atoms with Crippen molar-refractivity contribution in [3.05, 3.63) is 5.69 Å². The van der Waals surface area contributed by atoms with Crippen LogP contribution in [0.3, 0.4) is 0 Å². The van der Waals surface area contributed by atoms with E-state index in [1.165, 1.54) is 6.42 Å². The van der Waals surface area contributed by atoms with Crippen LogP contribution in [0.15, 0.2) is 0 Å². The summed E-state index contributed by atoms with van der Waals surface area (Å²) < 4.78 is 1.86. The number of aromatic nitrogens is 2. The molecule has 0 amide bonds. The minimum atomic E-state index is -0.610. The van der Waals surface area contributed by atoms with Crippen LogP contribution in [0.1, 0.15) is 45.2 Å². The molecule has 0 saturated heterocycles. The fraction of sp³-hybridized carbons (Fsp3) is 0.786. The van der Waals surface area contributed by atoms with Gasteiger partial charge in [0.05, 0.1) is 17.0 Å². The van der Waals surface area contributed by atoms with Gasteiger partial charge in [0.2, 0.25) is 0 Å². The number of aryl methyl sites for hydroxylation is 2. The van der Waals surface area contributed by atoms with Gasteiger partial charge < -0.3 is 16.2 Å². The third-order valence-electron chi connectivity index (χ3n) is 4.13. The molecule has 1 saturated carbocycles. The predicted molar refractivity (Wildman–Crippen MR) is 78.1 cm³/mol. The molecule has 0 bridgehead atoms. The van der Waals surface area contributed by atoms with E-state index in [2.05, 4.69) is 17.3 Å². The van der Waals surface area contributed by atoms with Crippen molar-refractivity contribution >= 4 is 11.5 Å². The zero-order chi connectivity index (χ0) is 14.0. The third-order valence-corrected chi connectivity index (χ3v) is 4.13. The number of nitrogens with one attached hydrogen (secondary N) is 1. The minimum Gasteiger partial charge on any atom is -0.394 e. The zero-order valence-corrected chi connectivity index (χ0v) is 12.2. The molecule has 1 aliphatic rings. The quantitative estimate of drug-likeness (QED) is 0.780. The highest BCUT2D eigenvalue weighted by atomic mass is 16.3. The number of hydrogen-bond donors (Lipinski definition) is 3. The first-order valence-electron chi connectivity index (χ1n) is 7.24. The molecular weight excluding hydrogens is 240 g/mol. The lowest BCUT2D eigenvalue weighted by atomic mass is 9.79. The number of nitrogens with zero attached hydrogens (tertiary/aromatic N) is 2. The van der Waals surface area contributed by atoms with Gasteiger partial charge >= 0.3 is 0 Å². The van der Waals surface area contributed by atoms with E-state index in [-0.39, 0.29) is 0 Å². The lowest BCUT2D eigenvalue weighted by molar-refractivity contribution is -0.000871. The van der Waals surface area contributed by atoms with Gasteiger partial charge in [0.1, 0.15) is 5.82 Å². The average Bonchev–Trinajstić information content (AvgIpc) is 2.62. The lowest BCUT2D eigenvalue weighted by Gasteiger charge is -2.35. The highest BCUT2D eigenvalue weighted by Crippen LogP contribution is 2.33. The van der Waals surface area contributed by atoms with Crippen LogP contribution in [0.5, 0.6) is 0 Å². The maximum atomic E-state index is 10.6. The molecular formula is C14H26N4O. The first-order chi connectivity index (χ1) is 8.95. The van der Waals surface area contributed by atoms with Crippen molar-refractivity contribution in [1.82, 2.24) is 9.78 Å². The molecule has 2 unspecified atom stereocenters. The molecule has 1 fully saturated rings. The van der Waals surface area contributed by atoms with Gasteiger partial charge in [0.15, 0.2) is 0 Å². The molecule has 4 N–H and O–H groups in total. The van der Waals surface area contributed by atoms with E-state index in [1.54, 1.807) is 0 Å². The van der Waals surface area contributed by atoms with Crippen LogP contribution in [0.4, 0.5) is 11.5 Å². The van der Waals surface area contributed by atoms with Crippen molar-refractivity contribution in [2.45, 2.75) is 58.6 Å². The summed E-state index contributed by atoms with van der Waals surface area (Å²) in [5.74, 6) is 1.43. The monoisotopic (exact) mass is 266 g/mol. The van der Waals surface area contributed by atoms with Gasteiger partial charge in [-0.15, -0.1) is 0 Å². The molecule has 5 nitrogen and oxygen atoms in total. The maximum Gasteiger partial charge on any atom is 0.148 e. The first kappa shape index (κ1) is 14.2. The van der Waals surface area contributed by atoms with Crippen LogP contribution in [-0.4, -0.2) is 27.0 Å². The Morgan fingerprint density at radius 1 is 1.58 bits per heavy atom. The summed E-state index contributed by atoms with van der Waals surface area (Å²) in [6.45, 7) is 7.47. The molecule has 0 spiro atoms. The standard InChI is InChI=1S/C14H26N4O/c1-4-18-13(12(15)11(3)17-18)16-9-14(19)7-5-6-10(2)8-14/h10,16,19H,4-9,15H2,1-3H3. The van der Waals surface area contributed by atoms with Crippen LogP contribution in [0.2, 0.25) is 0 Å². The topological polar surface area (TPSA) is 76.1 Å². The molecule has 108 valence electrons. The average molecular weight is 266 g/mol. The van der Waals surface area contributed by atoms with Crippen LogP contribution in [-0.2, 0) is 6.54 Å². The molecule has 1 aromatic heterocycles. The van der Waals surface area contributed by atoms with Gasteiger partial charge in [-0.25, -0.2) is 4.68 Å². The number of hydrogen-bond acceptors (Lipinski definition) is 4. The van der Waals surface area contributed by atoms with Crippen molar-refractivity contribution in [2.75, 3.05) is 17.6 Å². The van der Waals surface area contributed by atoms with Crippen molar-refractivity contribution < 1.29 is 5.11 Å². The van der Waals surface area contributed by atoms with Gasteiger partial charge in [0.25, 0.3) is 0 Å². The Morgan fingerprint density at radius 3 is 2.95 bits per heavy atom. The van der Waals surface area contributed by atoms with E-state index >= 15 is 0 Å². The van der Waals surface area contributed by atoms with E-state index in [0.29, 0.717) is 18.2 Å². The Kier molecular flexibility index (Phi) is 4.04. The van der Waals surface area contributed by atoms with Gasteiger partial charge in [-0.2, -0.15) is 5.10 Å². The van der Waals surface area contributed by atoms with Crippen LogP contribution < -0.4 is 11.1 Å². The Hall–Kier alpha value is -1.23. The van der Waals surface area contributed by atoms with Crippen molar-refractivity contribution in [2.24, 2.45) is 5.92 Å². The summed E-state index contributed by atoms with van der Waals surface area (Å²) in [6, 6.07) is 0. The second-order valence-electron chi connectivity index (χ2n) is 5.94. The maximum absolute atomic E-state index is 10.6. The molecule has 2 atom stereocenters. The van der Waals surface area contributed by atoms with Crippen LogP contribution >= 0.6 is 0 Å². The van der Waals surface area contributed by atoms with Crippen molar-refractivity contribution in [3.63, 3.8) is 0 Å². The van der Waals surface area contributed by atoms with Gasteiger partial charge in [-0.3, -0.25) is 0 Å². The number of nitrogen functional groups attached to an aromatic ring is 1. The summed E-state index contributed by atoms with van der Waals surface area (Å²) in [5, 5.41) is 18.3. The summed E-state index contributed by atoms with van der Waals surface area (Å²) in [5.41, 5.74) is 6.96. The van der Waals surface area contributed by atoms with E-state index in [1.807, 2.05) is 18.5 Å². The fourth-order valence-corrected chi connectivity index (χ4v) is 3.05. The largest absolute Gasteiger partial charge is 0.394 e. The SMILES string of the molecule is CCn1nc(C)c(N)c1NCC1(O)CCCC(C)C1. The molecule has 0 aliphatic heterocycles.